The molecule has 2 N–H and O–H groups in total. The van der Waals surface area contributed by atoms with Crippen molar-refractivity contribution in [2.24, 2.45) is 0 Å². The van der Waals surface area contributed by atoms with Crippen LogP contribution in [0.5, 0.6) is 11.5 Å². The number of amides is 2. The van der Waals surface area contributed by atoms with E-state index in [0.717, 1.165) is 11.3 Å². The lowest BCUT2D eigenvalue weighted by molar-refractivity contribution is -0.124. The van der Waals surface area contributed by atoms with Gasteiger partial charge in [-0.05, 0) is 49.2 Å². The van der Waals surface area contributed by atoms with E-state index in [-0.39, 0.29) is 24.8 Å². The highest BCUT2D eigenvalue weighted by Gasteiger charge is 2.05. The monoisotopic (exact) mass is 370 g/mol. The topological polar surface area (TPSA) is 76.7 Å². The maximum atomic E-state index is 11.8. The Morgan fingerprint density at radius 3 is 2.22 bits per heavy atom. The minimum Gasteiger partial charge on any atom is -0.493 e. The fourth-order valence-corrected chi connectivity index (χ4v) is 2.27. The molecule has 2 rings (SSSR count). The van der Waals surface area contributed by atoms with Crippen LogP contribution in [0.1, 0.15) is 17.5 Å². The summed E-state index contributed by atoms with van der Waals surface area (Å²) in [5.74, 6) is 1.06. The van der Waals surface area contributed by atoms with Gasteiger partial charge in [-0.2, -0.15) is 0 Å². The Hall–Kier alpha value is -3.02. The zero-order valence-corrected chi connectivity index (χ0v) is 15.8. The van der Waals surface area contributed by atoms with Gasteiger partial charge in [0.25, 0.3) is 5.91 Å². The highest BCUT2D eigenvalue weighted by molar-refractivity contribution is 5.78. The van der Waals surface area contributed by atoms with E-state index in [0.29, 0.717) is 25.4 Å². The summed E-state index contributed by atoms with van der Waals surface area (Å²) in [6.45, 7) is 4.98. The fraction of sp³-hybridized carbons (Fsp3) is 0.333. The lowest BCUT2D eigenvalue weighted by atomic mass is 10.1. The summed E-state index contributed by atoms with van der Waals surface area (Å²) in [7, 11) is 0. The minimum atomic E-state index is -0.227. The molecule has 0 radical (unpaired) electrons. The Labute approximate surface area is 159 Å². The van der Waals surface area contributed by atoms with Crippen molar-refractivity contribution in [2.75, 3.05) is 26.3 Å². The van der Waals surface area contributed by atoms with E-state index in [2.05, 4.69) is 10.6 Å². The second-order valence-electron chi connectivity index (χ2n) is 6.15. The predicted molar refractivity (Wildman–Crippen MR) is 104 cm³/mol. The SMILES string of the molecule is Cc1ccc(OCC(=O)NCCNC(=O)CCOc2ccccc2)cc1C. The molecule has 0 heterocycles. The summed E-state index contributed by atoms with van der Waals surface area (Å²) >= 11 is 0. The number of carbonyl (C=O) groups is 2. The normalized spacial score (nSPS) is 10.1. The average Bonchev–Trinajstić information content (AvgIpc) is 2.67. The molecule has 0 spiro atoms. The molecule has 0 atom stereocenters. The molecule has 2 aromatic carbocycles. The number of para-hydroxylation sites is 1. The fourth-order valence-electron chi connectivity index (χ4n) is 2.27. The van der Waals surface area contributed by atoms with Crippen molar-refractivity contribution >= 4 is 11.8 Å². The molecule has 0 aliphatic rings. The van der Waals surface area contributed by atoms with Crippen LogP contribution in [-0.2, 0) is 9.59 Å². The molecule has 0 unspecified atom stereocenters. The van der Waals surface area contributed by atoms with Crippen LogP contribution >= 0.6 is 0 Å². The van der Waals surface area contributed by atoms with E-state index in [4.69, 9.17) is 9.47 Å². The third-order valence-corrected chi connectivity index (χ3v) is 3.96. The summed E-state index contributed by atoms with van der Waals surface area (Å²) < 4.78 is 10.9. The van der Waals surface area contributed by atoms with E-state index in [1.807, 2.05) is 62.4 Å². The van der Waals surface area contributed by atoms with Crippen LogP contribution in [0.2, 0.25) is 0 Å². The largest absolute Gasteiger partial charge is 0.493 e. The Bertz CT molecular complexity index is 747. The molecule has 2 aromatic rings. The third kappa shape index (κ3) is 7.81. The molecule has 0 saturated carbocycles. The molecular formula is C21H26N2O4. The van der Waals surface area contributed by atoms with Crippen molar-refractivity contribution in [2.45, 2.75) is 20.3 Å². The zero-order valence-electron chi connectivity index (χ0n) is 15.8. The van der Waals surface area contributed by atoms with Gasteiger partial charge in [-0.15, -0.1) is 0 Å². The highest BCUT2D eigenvalue weighted by Crippen LogP contribution is 2.16. The highest BCUT2D eigenvalue weighted by atomic mass is 16.5. The van der Waals surface area contributed by atoms with Gasteiger partial charge >= 0.3 is 0 Å². The molecule has 27 heavy (non-hydrogen) atoms. The number of hydrogen-bond donors (Lipinski definition) is 2. The first kappa shape index (κ1) is 20.3. The first-order valence-corrected chi connectivity index (χ1v) is 8.96. The van der Waals surface area contributed by atoms with Crippen LogP contribution in [-0.4, -0.2) is 38.1 Å². The summed E-state index contributed by atoms with van der Waals surface area (Å²) in [6, 6.07) is 15.0. The standard InChI is InChI=1S/C21H26N2O4/c1-16-8-9-19(14-17(16)2)27-15-21(25)23-12-11-22-20(24)10-13-26-18-6-4-3-5-7-18/h3-9,14H,10-13,15H2,1-2H3,(H,22,24)(H,23,25). The van der Waals surface area contributed by atoms with Crippen LogP contribution in [0.25, 0.3) is 0 Å². The van der Waals surface area contributed by atoms with Gasteiger partial charge in [-0.1, -0.05) is 24.3 Å². The molecule has 2 amide bonds. The molecule has 144 valence electrons. The number of hydrogen-bond acceptors (Lipinski definition) is 4. The maximum Gasteiger partial charge on any atom is 0.258 e. The molecule has 6 nitrogen and oxygen atoms in total. The van der Waals surface area contributed by atoms with Crippen molar-refractivity contribution < 1.29 is 19.1 Å². The van der Waals surface area contributed by atoms with Gasteiger partial charge in [0.05, 0.1) is 13.0 Å². The summed E-state index contributed by atoms with van der Waals surface area (Å²) in [6.07, 6.45) is 0.263. The van der Waals surface area contributed by atoms with Gasteiger partial charge in [0, 0.05) is 13.1 Å². The van der Waals surface area contributed by atoms with Crippen molar-refractivity contribution in [3.63, 3.8) is 0 Å². The molecule has 0 bridgehead atoms. The van der Waals surface area contributed by atoms with Crippen molar-refractivity contribution in [3.8, 4) is 11.5 Å². The van der Waals surface area contributed by atoms with Crippen molar-refractivity contribution in [1.82, 2.24) is 10.6 Å². The zero-order chi connectivity index (χ0) is 19.5. The molecular weight excluding hydrogens is 344 g/mol. The number of aryl methyl sites for hydroxylation is 2. The Balaban J connectivity index is 1.53. The minimum absolute atomic E-state index is 0.0542. The molecule has 0 fully saturated rings. The van der Waals surface area contributed by atoms with Gasteiger partial charge in [-0.3, -0.25) is 9.59 Å². The lowest BCUT2D eigenvalue weighted by Gasteiger charge is -2.10. The van der Waals surface area contributed by atoms with E-state index >= 15 is 0 Å². The van der Waals surface area contributed by atoms with Crippen LogP contribution in [0, 0.1) is 13.8 Å². The van der Waals surface area contributed by atoms with E-state index < -0.39 is 0 Å². The molecule has 0 aliphatic heterocycles. The molecule has 6 heteroatoms. The van der Waals surface area contributed by atoms with Gasteiger partial charge in [0.2, 0.25) is 5.91 Å². The first-order chi connectivity index (χ1) is 13.0. The van der Waals surface area contributed by atoms with Gasteiger partial charge in [-0.25, -0.2) is 0 Å². The summed E-state index contributed by atoms with van der Waals surface area (Å²) in [5, 5.41) is 5.44. The summed E-state index contributed by atoms with van der Waals surface area (Å²) in [4.78, 5) is 23.5. The average molecular weight is 370 g/mol. The Morgan fingerprint density at radius 1 is 0.815 bits per heavy atom. The van der Waals surface area contributed by atoms with Crippen LogP contribution in [0.15, 0.2) is 48.5 Å². The number of ether oxygens (including phenoxy) is 2. The number of nitrogens with one attached hydrogen (secondary N) is 2. The number of rotatable bonds is 10. The quantitative estimate of drug-likeness (QED) is 0.630. The number of carbonyl (C=O) groups excluding carboxylic acids is 2. The predicted octanol–water partition coefficient (Wildman–Crippen LogP) is 2.38. The van der Waals surface area contributed by atoms with Crippen LogP contribution in [0.3, 0.4) is 0 Å². The third-order valence-electron chi connectivity index (χ3n) is 3.96. The van der Waals surface area contributed by atoms with Crippen LogP contribution < -0.4 is 20.1 Å². The number of benzene rings is 2. The Morgan fingerprint density at radius 2 is 1.52 bits per heavy atom. The van der Waals surface area contributed by atoms with Gasteiger partial charge in [0.1, 0.15) is 11.5 Å². The molecule has 0 saturated heterocycles. The lowest BCUT2D eigenvalue weighted by Crippen LogP contribution is -2.37. The van der Waals surface area contributed by atoms with E-state index in [1.165, 1.54) is 5.56 Å². The molecule has 0 aliphatic carbocycles. The van der Waals surface area contributed by atoms with Crippen LogP contribution in [0.4, 0.5) is 0 Å². The second kappa shape index (κ2) is 10.9. The van der Waals surface area contributed by atoms with Gasteiger partial charge in [0.15, 0.2) is 6.61 Å². The van der Waals surface area contributed by atoms with E-state index in [9.17, 15) is 9.59 Å². The smallest absolute Gasteiger partial charge is 0.258 e. The van der Waals surface area contributed by atoms with Crippen molar-refractivity contribution in [1.29, 1.82) is 0 Å². The second-order valence-corrected chi connectivity index (χ2v) is 6.15. The van der Waals surface area contributed by atoms with Crippen molar-refractivity contribution in [3.05, 3.63) is 59.7 Å². The van der Waals surface area contributed by atoms with Gasteiger partial charge < -0.3 is 20.1 Å². The molecule has 0 aromatic heterocycles. The first-order valence-electron chi connectivity index (χ1n) is 8.96. The van der Waals surface area contributed by atoms with E-state index in [1.54, 1.807) is 0 Å². The maximum absolute atomic E-state index is 11.8. The summed E-state index contributed by atoms with van der Waals surface area (Å²) in [5.41, 5.74) is 2.29. The Kier molecular flexibility index (Phi) is 8.16.